The van der Waals surface area contributed by atoms with Gasteiger partial charge >= 0.3 is 0 Å². The van der Waals surface area contributed by atoms with Gasteiger partial charge in [-0.15, -0.1) is 0 Å². The van der Waals surface area contributed by atoms with Gasteiger partial charge in [-0.25, -0.2) is 9.97 Å². The first-order chi connectivity index (χ1) is 12.1. The summed E-state index contributed by atoms with van der Waals surface area (Å²) in [6, 6.07) is 2.36. The van der Waals surface area contributed by atoms with Crippen LogP contribution in [-0.2, 0) is 4.79 Å². The molecule has 1 heterocycles. The molecule has 0 bridgehead atoms. The van der Waals surface area contributed by atoms with Crippen LogP contribution in [0.1, 0.15) is 64.2 Å². The van der Waals surface area contributed by atoms with Crippen LogP contribution in [0.5, 0.6) is 0 Å². The molecule has 4 N–H and O–H groups in total. The van der Waals surface area contributed by atoms with Crippen molar-refractivity contribution in [1.29, 1.82) is 0 Å². The van der Waals surface area contributed by atoms with Crippen LogP contribution in [0.15, 0.2) is 11.2 Å². The summed E-state index contributed by atoms with van der Waals surface area (Å²) in [7, 11) is 0. The molecule has 0 aromatic carbocycles. The van der Waals surface area contributed by atoms with E-state index in [0.717, 1.165) is 25.7 Å². The summed E-state index contributed by atoms with van der Waals surface area (Å²) < 4.78 is 0. The molecule has 0 unspecified atom stereocenters. The summed E-state index contributed by atoms with van der Waals surface area (Å²) >= 11 is 1.34. The van der Waals surface area contributed by atoms with E-state index < -0.39 is 0 Å². The number of carbonyl (C=O) groups excluding carboxylic acids is 1. The number of amides is 1. The second kappa shape index (κ2) is 8.74. The molecule has 1 aromatic rings. The molecule has 6 nitrogen and oxygen atoms in total. The van der Waals surface area contributed by atoms with Gasteiger partial charge in [-0.05, 0) is 25.7 Å². The molecule has 2 aliphatic carbocycles. The Hall–Kier alpha value is -1.50. The molecule has 0 atom stereocenters. The Balaban J connectivity index is 1.67. The molecule has 3 rings (SSSR count). The molecule has 7 heteroatoms. The molecular weight excluding hydrogens is 334 g/mol. The molecule has 0 spiro atoms. The first kappa shape index (κ1) is 18.3. The Bertz CT molecular complexity index is 547. The minimum Gasteiger partial charge on any atom is -0.383 e. The van der Waals surface area contributed by atoms with E-state index in [4.69, 9.17) is 11.5 Å². The third kappa shape index (κ3) is 5.00. The lowest BCUT2D eigenvalue weighted by molar-refractivity contribution is -0.135. The van der Waals surface area contributed by atoms with Gasteiger partial charge in [-0.2, -0.15) is 0 Å². The van der Waals surface area contributed by atoms with E-state index >= 15 is 0 Å². The fraction of sp³-hybridized carbons (Fsp3) is 0.722. The van der Waals surface area contributed by atoms with E-state index in [2.05, 4.69) is 14.9 Å². The van der Waals surface area contributed by atoms with Crippen LogP contribution in [0, 0.1) is 0 Å². The van der Waals surface area contributed by atoms with Gasteiger partial charge in [-0.3, -0.25) is 4.79 Å². The van der Waals surface area contributed by atoms with Crippen molar-refractivity contribution >= 4 is 29.3 Å². The molecule has 138 valence electrons. The standard InChI is InChI=1S/C18H29N5OS/c19-15-11-16(20)22-18(21-15)25-12-17(24)23(13-7-3-1-4-8-13)14-9-5-2-6-10-14/h11,13-14H,1-10,12H2,(H4,19,20,21,22). The predicted octanol–water partition coefficient (Wildman–Crippen LogP) is 3.23. The van der Waals surface area contributed by atoms with Gasteiger partial charge in [0.25, 0.3) is 0 Å². The number of hydrogen-bond acceptors (Lipinski definition) is 6. The minimum atomic E-state index is 0.216. The quantitative estimate of drug-likeness (QED) is 0.615. The van der Waals surface area contributed by atoms with Gasteiger partial charge in [0.05, 0.1) is 5.75 Å². The molecular formula is C18H29N5OS. The average molecular weight is 364 g/mol. The Kier molecular flexibility index (Phi) is 6.39. The summed E-state index contributed by atoms with van der Waals surface area (Å²) in [5.41, 5.74) is 11.4. The summed E-state index contributed by atoms with van der Waals surface area (Å²) in [5.74, 6) is 1.27. The zero-order valence-corrected chi connectivity index (χ0v) is 15.6. The highest BCUT2D eigenvalue weighted by atomic mass is 32.2. The molecule has 2 fully saturated rings. The van der Waals surface area contributed by atoms with Crippen molar-refractivity contribution in [1.82, 2.24) is 14.9 Å². The number of nitrogens with two attached hydrogens (primary N) is 2. The first-order valence-corrected chi connectivity index (χ1v) is 10.5. The van der Waals surface area contributed by atoms with Crippen LogP contribution in [0.4, 0.5) is 11.6 Å². The van der Waals surface area contributed by atoms with Crippen LogP contribution >= 0.6 is 11.8 Å². The molecule has 25 heavy (non-hydrogen) atoms. The lowest BCUT2D eigenvalue weighted by Gasteiger charge is -2.41. The van der Waals surface area contributed by atoms with E-state index in [1.807, 2.05) is 0 Å². The number of aromatic nitrogens is 2. The van der Waals surface area contributed by atoms with Crippen LogP contribution < -0.4 is 11.5 Å². The summed E-state index contributed by atoms with van der Waals surface area (Å²) in [6.07, 6.45) is 12.1. The molecule has 0 saturated heterocycles. The minimum absolute atomic E-state index is 0.216. The van der Waals surface area contributed by atoms with Crippen molar-refractivity contribution in [3.8, 4) is 0 Å². The fourth-order valence-electron chi connectivity index (χ4n) is 4.15. The number of nitrogen functional groups attached to an aromatic ring is 2. The number of rotatable bonds is 5. The van der Waals surface area contributed by atoms with Crippen LogP contribution in [-0.4, -0.2) is 38.6 Å². The summed E-state index contributed by atoms with van der Waals surface area (Å²) in [5, 5.41) is 0.484. The maximum atomic E-state index is 13.1. The summed E-state index contributed by atoms with van der Waals surface area (Å²) in [4.78, 5) is 23.6. The molecule has 2 saturated carbocycles. The third-order valence-electron chi connectivity index (χ3n) is 5.29. The van der Waals surface area contributed by atoms with Gasteiger partial charge < -0.3 is 16.4 Å². The number of thioether (sulfide) groups is 1. The lowest BCUT2D eigenvalue weighted by Crippen LogP contribution is -2.49. The third-order valence-corrected chi connectivity index (χ3v) is 6.13. The molecule has 1 aromatic heterocycles. The van der Waals surface area contributed by atoms with Gasteiger partial charge in [-0.1, -0.05) is 50.3 Å². The van der Waals surface area contributed by atoms with Crippen molar-refractivity contribution in [3.05, 3.63) is 6.07 Å². The Morgan fingerprint density at radius 3 is 1.92 bits per heavy atom. The van der Waals surface area contributed by atoms with E-state index in [-0.39, 0.29) is 5.91 Å². The number of nitrogens with zero attached hydrogens (tertiary/aromatic N) is 3. The van der Waals surface area contributed by atoms with E-state index in [1.54, 1.807) is 0 Å². The van der Waals surface area contributed by atoms with Crippen molar-refractivity contribution in [3.63, 3.8) is 0 Å². The highest BCUT2D eigenvalue weighted by Gasteiger charge is 2.32. The maximum Gasteiger partial charge on any atom is 0.233 e. The Morgan fingerprint density at radius 2 is 1.44 bits per heavy atom. The normalized spacial score (nSPS) is 19.7. The number of anilines is 2. The van der Waals surface area contributed by atoms with E-state index in [0.29, 0.717) is 34.6 Å². The molecule has 0 aliphatic heterocycles. The predicted molar refractivity (Wildman–Crippen MR) is 102 cm³/mol. The SMILES string of the molecule is Nc1cc(N)nc(SCC(=O)N(C2CCCCC2)C2CCCCC2)n1. The second-order valence-electron chi connectivity index (χ2n) is 7.17. The number of carbonyl (C=O) groups is 1. The average Bonchev–Trinajstić information content (AvgIpc) is 2.61. The fourth-order valence-corrected chi connectivity index (χ4v) is 4.89. The highest BCUT2D eigenvalue weighted by molar-refractivity contribution is 7.99. The smallest absolute Gasteiger partial charge is 0.233 e. The first-order valence-electron chi connectivity index (χ1n) is 9.47. The molecule has 1 amide bonds. The second-order valence-corrected chi connectivity index (χ2v) is 8.12. The van der Waals surface area contributed by atoms with Crippen molar-refractivity contribution < 1.29 is 4.79 Å². The zero-order valence-electron chi connectivity index (χ0n) is 14.8. The van der Waals surface area contributed by atoms with Crippen molar-refractivity contribution in [2.24, 2.45) is 0 Å². The van der Waals surface area contributed by atoms with Crippen LogP contribution in [0.25, 0.3) is 0 Å². The molecule has 2 aliphatic rings. The van der Waals surface area contributed by atoms with Gasteiger partial charge in [0, 0.05) is 18.2 Å². The topological polar surface area (TPSA) is 98.1 Å². The zero-order chi connectivity index (χ0) is 17.6. The highest BCUT2D eigenvalue weighted by Crippen LogP contribution is 2.31. The van der Waals surface area contributed by atoms with E-state index in [1.165, 1.54) is 56.4 Å². The lowest BCUT2D eigenvalue weighted by atomic mass is 9.88. The Labute approximate surface area is 154 Å². The van der Waals surface area contributed by atoms with E-state index in [9.17, 15) is 4.79 Å². The number of hydrogen-bond donors (Lipinski definition) is 2. The monoisotopic (exact) mass is 363 g/mol. The van der Waals surface area contributed by atoms with Gasteiger partial charge in [0.15, 0.2) is 5.16 Å². The van der Waals surface area contributed by atoms with Crippen molar-refractivity contribution in [2.75, 3.05) is 17.2 Å². The summed E-state index contributed by atoms with van der Waals surface area (Å²) in [6.45, 7) is 0. The van der Waals surface area contributed by atoms with Crippen LogP contribution in [0.3, 0.4) is 0 Å². The van der Waals surface area contributed by atoms with Crippen molar-refractivity contribution in [2.45, 2.75) is 81.4 Å². The van der Waals surface area contributed by atoms with Crippen LogP contribution in [0.2, 0.25) is 0 Å². The largest absolute Gasteiger partial charge is 0.383 e. The Morgan fingerprint density at radius 1 is 0.960 bits per heavy atom. The maximum absolute atomic E-state index is 13.1. The van der Waals surface area contributed by atoms with Gasteiger partial charge in [0.2, 0.25) is 5.91 Å². The molecule has 0 radical (unpaired) electrons. The van der Waals surface area contributed by atoms with Gasteiger partial charge in [0.1, 0.15) is 11.6 Å².